The molecule has 4 nitrogen and oxygen atoms in total. The van der Waals surface area contributed by atoms with E-state index < -0.39 is 6.09 Å². The molecule has 0 aliphatic rings. The topological polar surface area (TPSA) is 50.7 Å². The number of carbonyl (C=O) groups is 1. The molecule has 0 bridgehead atoms. The summed E-state index contributed by atoms with van der Waals surface area (Å²) < 4.78 is 5.62. The van der Waals surface area contributed by atoms with Gasteiger partial charge in [0.15, 0.2) is 0 Å². The summed E-state index contributed by atoms with van der Waals surface area (Å²) in [6, 6.07) is 7.65. The van der Waals surface area contributed by atoms with Crippen molar-refractivity contribution >= 4 is 27.7 Å². The van der Waals surface area contributed by atoms with Crippen molar-refractivity contribution in [1.82, 2.24) is 5.43 Å². The average molecular weight is 285 g/mol. The van der Waals surface area contributed by atoms with Gasteiger partial charge in [-0.1, -0.05) is 34.1 Å². The van der Waals surface area contributed by atoms with Crippen LogP contribution >= 0.6 is 15.9 Å². The average Bonchev–Trinajstić information content (AvgIpc) is 2.27. The van der Waals surface area contributed by atoms with Gasteiger partial charge in [-0.2, -0.15) is 5.10 Å². The molecule has 1 N–H and O–H groups in total. The monoisotopic (exact) mass is 284 g/mol. The number of hydrogen-bond acceptors (Lipinski definition) is 3. The van der Waals surface area contributed by atoms with E-state index >= 15 is 0 Å². The third-order valence-corrected chi connectivity index (χ3v) is 2.55. The van der Waals surface area contributed by atoms with Gasteiger partial charge in [0, 0.05) is 10.0 Å². The molecule has 5 heteroatoms. The summed E-state index contributed by atoms with van der Waals surface area (Å²) in [7, 11) is 0. The maximum absolute atomic E-state index is 11.0. The van der Waals surface area contributed by atoms with E-state index in [9.17, 15) is 4.79 Å². The summed E-state index contributed by atoms with van der Waals surface area (Å²) in [5, 5.41) is 3.94. The zero-order chi connectivity index (χ0) is 12.0. The Bertz CT molecular complexity index is 405. The van der Waals surface area contributed by atoms with Crippen molar-refractivity contribution in [3.63, 3.8) is 0 Å². The SMILES string of the molecule is CCOC(=O)N/N=C(\C)c1ccccc1Br. The van der Waals surface area contributed by atoms with Gasteiger partial charge in [0.2, 0.25) is 0 Å². The van der Waals surface area contributed by atoms with Gasteiger partial charge in [-0.05, 0) is 19.9 Å². The number of ether oxygens (including phenoxy) is 1. The molecular formula is C11H13BrN2O2. The summed E-state index contributed by atoms with van der Waals surface area (Å²) >= 11 is 3.41. The van der Waals surface area contributed by atoms with Crippen LogP contribution in [0.3, 0.4) is 0 Å². The first-order chi connectivity index (χ1) is 7.65. The van der Waals surface area contributed by atoms with Crippen LogP contribution < -0.4 is 5.43 Å². The molecule has 16 heavy (non-hydrogen) atoms. The molecule has 1 rings (SSSR count). The second kappa shape index (κ2) is 6.27. The summed E-state index contributed by atoms with van der Waals surface area (Å²) in [6.45, 7) is 3.88. The van der Waals surface area contributed by atoms with E-state index in [2.05, 4.69) is 31.2 Å². The van der Waals surface area contributed by atoms with Gasteiger partial charge in [-0.15, -0.1) is 0 Å². The van der Waals surface area contributed by atoms with Crippen LogP contribution in [0, 0.1) is 0 Å². The zero-order valence-corrected chi connectivity index (χ0v) is 10.7. The third kappa shape index (κ3) is 3.66. The number of halogens is 1. The van der Waals surface area contributed by atoms with Crippen LogP contribution in [-0.2, 0) is 4.74 Å². The molecule has 1 aromatic carbocycles. The van der Waals surface area contributed by atoms with E-state index in [0.717, 1.165) is 10.0 Å². The van der Waals surface area contributed by atoms with Crippen LogP contribution in [0.2, 0.25) is 0 Å². The molecular weight excluding hydrogens is 272 g/mol. The van der Waals surface area contributed by atoms with E-state index in [1.165, 1.54) is 0 Å². The summed E-state index contributed by atoms with van der Waals surface area (Å²) in [6.07, 6.45) is -0.547. The molecule has 0 fully saturated rings. The van der Waals surface area contributed by atoms with Gasteiger partial charge in [0.1, 0.15) is 0 Å². The highest BCUT2D eigenvalue weighted by Gasteiger charge is 2.03. The number of amides is 1. The molecule has 0 radical (unpaired) electrons. The maximum atomic E-state index is 11.0. The Kier molecular flexibility index (Phi) is 4.98. The van der Waals surface area contributed by atoms with Gasteiger partial charge in [-0.25, -0.2) is 10.2 Å². The Balaban J connectivity index is 2.71. The molecule has 1 aromatic rings. The van der Waals surface area contributed by atoms with Crippen LogP contribution in [0.15, 0.2) is 33.8 Å². The van der Waals surface area contributed by atoms with Crippen molar-refractivity contribution < 1.29 is 9.53 Å². The highest BCUT2D eigenvalue weighted by Crippen LogP contribution is 2.16. The van der Waals surface area contributed by atoms with Crippen LogP contribution in [-0.4, -0.2) is 18.4 Å². The molecule has 0 heterocycles. The number of rotatable bonds is 3. The number of nitrogens with zero attached hydrogens (tertiary/aromatic N) is 1. The number of nitrogens with one attached hydrogen (secondary N) is 1. The lowest BCUT2D eigenvalue weighted by Gasteiger charge is -2.04. The van der Waals surface area contributed by atoms with Gasteiger partial charge >= 0.3 is 6.09 Å². The third-order valence-electron chi connectivity index (χ3n) is 1.85. The summed E-state index contributed by atoms with van der Waals surface area (Å²) in [4.78, 5) is 11.0. The summed E-state index contributed by atoms with van der Waals surface area (Å²) in [5.74, 6) is 0. The molecule has 0 spiro atoms. The largest absolute Gasteiger partial charge is 0.449 e. The maximum Gasteiger partial charge on any atom is 0.427 e. The van der Waals surface area contributed by atoms with E-state index in [-0.39, 0.29) is 0 Å². The van der Waals surface area contributed by atoms with E-state index in [4.69, 9.17) is 0 Å². The zero-order valence-electron chi connectivity index (χ0n) is 9.16. The Morgan fingerprint density at radius 2 is 2.19 bits per heavy atom. The standard InChI is InChI=1S/C11H13BrN2O2/c1-3-16-11(15)14-13-8(2)9-6-4-5-7-10(9)12/h4-7H,3H2,1-2H3,(H,14,15)/b13-8+. The lowest BCUT2D eigenvalue weighted by atomic mass is 10.1. The highest BCUT2D eigenvalue weighted by atomic mass is 79.9. The lowest BCUT2D eigenvalue weighted by Crippen LogP contribution is -2.20. The van der Waals surface area contributed by atoms with Gasteiger partial charge < -0.3 is 4.74 Å². The van der Waals surface area contributed by atoms with Crippen LogP contribution in [0.5, 0.6) is 0 Å². The van der Waals surface area contributed by atoms with Crippen molar-refractivity contribution in [3.05, 3.63) is 34.3 Å². The molecule has 0 aromatic heterocycles. The first-order valence-electron chi connectivity index (χ1n) is 4.87. The molecule has 1 amide bonds. The first-order valence-corrected chi connectivity index (χ1v) is 5.66. The number of benzene rings is 1. The minimum absolute atomic E-state index is 0.329. The second-order valence-corrected chi connectivity index (χ2v) is 3.86. The minimum Gasteiger partial charge on any atom is -0.449 e. The van der Waals surface area contributed by atoms with E-state index in [0.29, 0.717) is 12.3 Å². The number of carbonyl (C=O) groups excluding carboxylic acids is 1. The predicted molar refractivity (Wildman–Crippen MR) is 66.5 cm³/mol. The highest BCUT2D eigenvalue weighted by molar-refractivity contribution is 9.10. The van der Waals surface area contributed by atoms with Crippen molar-refractivity contribution in [2.24, 2.45) is 5.10 Å². The minimum atomic E-state index is -0.547. The Morgan fingerprint density at radius 3 is 2.81 bits per heavy atom. The van der Waals surface area contributed by atoms with E-state index in [1.807, 2.05) is 31.2 Å². The Morgan fingerprint density at radius 1 is 1.50 bits per heavy atom. The quantitative estimate of drug-likeness (QED) is 0.685. The van der Waals surface area contributed by atoms with Gasteiger partial charge in [0.05, 0.1) is 12.3 Å². The summed E-state index contributed by atoms with van der Waals surface area (Å²) in [5.41, 5.74) is 3.95. The van der Waals surface area contributed by atoms with Crippen LogP contribution in [0.1, 0.15) is 19.4 Å². The van der Waals surface area contributed by atoms with Gasteiger partial charge in [0.25, 0.3) is 0 Å². The number of hydrazone groups is 1. The Hall–Kier alpha value is -1.36. The molecule has 0 aliphatic carbocycles. The second-order valence-electron chi connectivity index (χ2n) is 3.01. The fourth-order valence-electron chi connectivity index (χ4n) is 1.11. The van der Waals surface area contributed by atoms with Crippen LogP contribution in [0.4, 0.5) is 4.79 Å². The van der Waals surface area contributed by atoms with Crippen molar-refractivity contribution in [1.29, 1.82) is 0 Å². The molecule has 0 saturated carbocycles. The molecule has 0 unspecified atom stereocenters. The van der Waals surface area contributed by atoms with Crippen LogP contribution in [0.25, 0.3) is 0 Å². The predicted octanol–water partition coefficient (Wildman–Crippen LogP) is 2.92. The molecule has 0 saturated heterocycles. The fourth-order valence-corrected chi connectivity index (χ4v) is 1.68. The van der Waals surface area contributed by atoms with Crippen molar-refractivity contribution in [2.75, 3.05) is 6.61 Å². The molecule has 0 atom stereocenters. The van der Waals surface area contributed by atoms with Gasteiger partial charge in [-0.3, -0.25) is 0 Å². The van der Waals surface area contributed by atoms with E-state index in [1.54, 1.807) is 6.92 Å². The normalized spacial score (nSPS) is 11.1. The first kappa shape index (κ1) is 12.7. The van der Waals surface area contributed by atoms with Crippen molar-refractivity contribution in [3.8, 4) is 0 Å². The number of hydrogen-bond donors (Lipinski definition) is 1. The lowest BCUT2D eigenvalue weighted by molar-refractivity contribution is 0.152. The molecule has 0 aliphatic heterocycles. The van der Waals surface area contributed by atoms with Crippen molar-refractivity contribution in [2.45, 2.75) is 13.8 Å². The molecule has 86 valence electrons. The smallest absolute Gasteiger partial charge is 0.427 e. The fraction of sp³-hybridized carbons (Fsp3) is 0.273. The Labute approximate surface area is 103 Å².